The van der Waals surface area contributed by atoms with Gasteiger partial charge in [-0.15, -0.1) is 0 Å². The summed E-state index contributed by atoms with van der Waals surface area (Å²) in [6.45, 7) is 1.50. The van der Waals surface area contributed by atoms with Gasteiger partial charge in [0.05, 0.1) is 12.0 Å². The first-order valence-electron chi connectivity index (χ1n) is 5.32. The molecule has 0 bridgehead atoms. The molecule has 0 amide bonds. The first kappa shape index (κ1) is 12.7. The van der Waals surface area contributed by atoms with Crippen LogP contribution in [0.15, 0.2) is 18.3 Å². The lowest BCUT2D eigenvalue weighted by Crippen LogP contribution is -2.06. The van der Waals surface area contributed by atoms with Crippen molar-refractivity contribution in [2.24, 2.45) is 0 Å². The van der Waals surface area contributed by atoms with Crippen molar-refractivity contribution in [3.8, 4) is 17.1 Å². The van der Waals surface area contributed by atoms with Gasteiger partial charge in [0, 0.05) is 6.20 Å². The molecule has 0 fully saturated rings. The van der Waals surface area contributed by atoms with Crippen molar-refractivity contribution in [2.45, 2.75) is 6.92 Å². The Morgan fingerprint density at radius 1 is 1.37 bits per heavy atom. The first-order valence-corrected chi connectivity index (χ1v) is 5.32. The minimum atomic E-state index is -0.557. The molecule has 0 aliphatic carbocycles. The van der Waals surface area contributed by atoms with E-state index in [0.717, 1.165) is 0 Å². The predicted molar refractivity (Wildman–Crippen MR) is 67.6 cm³/mol. The summed E-state index contributed by atoms with van der Waals surface area (Å²) in [5.41, 5.74) is 5.80. The molecule has 0 saturated carbocycles. The molecule has 0 atom stereocenters. The highest BCUT2D eigenvalue weighted by atomic mass is 16.6. The van der Waals surface area contributed by atoms with Gasteiger partial charge in [0.2, 0.25) is 5.95 Å². The zero-order valence-electron chi connectivity index (χ0n) is 10.3. The van der Waals surface area contributed by atoms with Crippen LogP contribution in [0.3, 0.4) is 0 Å². The van der Waals surface area contributed by atoms with Crippen molar-refractivity contribution in [1.29, 1.82) is 0 Å². The van der Waals surface area contributed by atoms with E-state index in [-0.39, 0.29) is 28.7 Å². The normalized spacial score (nSPS) is 10.2. The van der Waals surface area contributed by atoms with Gasteiger partial charge < -0.3 is 10.5 Å². The van der Waals surface area contributed by atoms with Gasteiger partial charge in [0.1, 0.15) is 17.1 Å². The molecule has 0 radical (unpaired) electrons. The summed E-state index contributed by atoms with van der Waals surface area (Å²) in [7, 11) is 1.45. The van der Waals surface area contributed by atoms with Crippen LogP contribution in [-0.4, -0.2) is 27.0 Å². The number of hydrogen-bond acceptors (Lipinski definition) is 7. The van der Waals surface area contributed by atoms with E-state index in [1.165, 1.54) is 20.2 Å². The molecule has 2 heterocycles. The zero-order chi connectivity index (χ0) is 14.0. The fourth-order valence-corrected chi connectivity index (χ4v) is 1.71. The number of pyridine rings is 1. The maximum absolute atomic E-state index is 11.1. The van der Waals surface area contributed by atoms with Crippen LogP contribution in [0.5, 0.6) is 5.75 Å². The standard InChI is InChI=1S/C11H11N5O3/c1-6-10(16(17)18)9(15-11(12)14-6)8-7(19-2)4-3-5-13-8/h3-5H,1-2H3,(H2,12,14,15). The van der Waals surface area contributed by atoms with Gasteiger partial charge >= 0.3 is 5.69 Å². The third-order valence-corrected chi connectivity index (χ3v) is 2.47. The number of aryl methyl sites for hydroxylation is 1. The Bertz CT molecular complexity index is 644. The average Bonchev–Trinajstić information content (AvgIpc) is 2.37. The zero-order valence-corrected chi connectivity index (χ0v) is 10.3. The van der Waals surface area contributed by atoms with Crippen molar-refractivity contribution >= 4 is 11.6 Å². The maximum Gasteiger partial charge on any atom is 0.318 e. The van der Waals surface area contributed by atoms with Crippen molar-refractivity contribution in [1.82, 2.24) is 15.0 Å². The lowest BCUT2D eigenvalue weighted by Gasteiger charge is -2.08. The molecule has 8 nitrogen and oxygen atoms in total. The third kappa shape index (κ3) is 2.28. The highest BCUT2D eigenvalue weighted by molar-refractivity contribution is 5.73. The van der Waals surface area contributed by atoms with Crippen LogP contribution in [0.4, 0.5) is 11.6 Å². The van der Waals surface area contributed by atoms with Crippen LogP contribution in [0.2, 0.25) is 0 Å². The van der Waals surface area contributed by atoms with Gasteiger partial charge in [-0.3, -0.25) is 15.1 Å². The topological polar surface area (TPSA) is 117 Å². The van der Waals surface area contributed by atoms with Gasteiger partial charge in [-0.2, -0.15) is 0 Å². The quantitative estimate of drug-likeness (QED) is 0.654. The molecule has 0 aliphatic rings. The van der Waals surface area contributed by atoms with E-state index in [1.807, 2.05) is 0 Å². The summed E-state index contributed by atoms with van der Waals surface area (Å²) in [6.07, 6.45) is 1.50. The predicted octanol–water partition coefficient (Wildman–Crippen LogP) is 1.35. The molecular weight excluding hydrogens is 250 g/mol. The van der Waals surface area contributed by atoms with Crippen LogP contribution in [0.25, 0.3) is 11.4 Å². The minimum Gasteiger partial charge on any atom is -0.494 e. The smallest absolute Gasteiger partial charge is 0.318 e. The van der Waals surface area contributed by atoms with Gasteiger partial charge in [0.15, 0.2) is 5.69 Å². The second-order valence-electron chi connectivity index (χ2n) is 3.68. The molecule has 19 heavy (non-hydrogen) atoms. The summed E-state index contributed by atoms with van der Waals surface area (Å²) in [4.78, 5) is 22.4. The highest BCUT2D eigenvalue weighted by Gasteiger charge is 2.25. The van der Waals surface area contributed by atoms with Gasteiger partial charge in [-0.25, -0.2) is 9.97 Å². The van der Waals surface area contributed by atoms with E-state index >= 15 is 0 Å². The molecule has 2 aromatic heterocycles. The highest BCUT2D eigenvalue weighted by Crippen LogP contribution is 2.34. The number of nitrogen functional groups attached to an aromatic ring is 1. The Morgan fingerprint density at radius 2 is 2.11 bits per heavy atom. The first-order chi connectivity index (χ1) is 9.04. The Hall–Kier alpha value is -2.77. The average molecular weight is 261 g/mol. The van der Waals surface area contributed by atoms with Crippen LogP contribution >= 0.6 is 0 Å². The van der Waals surface area contributed by atoms with E-state index in [9.17, 15) is 10.1 Å². The molecule has 2 rings (SSSR count). The number of nitrogens with zero attached hydrogens (tertiary/aromatic N) is 4. The molecule has 2 aromatic rings. The van der Waals surface area contributed by atoms with Crippen molar-refractivity contribution in [2.75, 3.05) is 12.8 Å². The second kappa shape index (κ2) is 4.84. The van der Waals surface area contributed by atoms with Crippen molar-refractivity contribution in [3.63, 3.8) is 0 Å². The third-order valence-electron chi connectivity index (χ3n) is 2.47. The molecule has 0 unspecified atom stereocenters. The second-order valence-corrected chi connectivity index (χ2v) is 3.68. The van der Waals surface area contributed by atoms with Crippen molar-refractivity contribution < 1.29 is 9.66 Å². The number of nitro groups is 1. The minimum absolute atomic E-state index is 0.0486. The molecular formula is C11H11N5O3. The number of methoxy groups -OCH3 is 1. The van der Waals surface area contributed by atoms with Crippen LogP contribution < -0.4 is 10.5 Å². The van der Waals surface area contributed by atoms with E-state index in [0.29, 0.717) is 5.75 Å². The number of ether oxygens (including phenoxy) is 1. The van der Waals surface area contributed by atoms with Gasteiger partial charge in [-0.05, 0) is 19.1 Å². The summed E-state index contributed by atoms with van der Waals surface area (Å²) in [6, 6.07) is 3.30. The molecule has 8 heteroatoms. The largest absolute Gasteiger partial charge is 0.494 e. The fourth-order valence-electron chi connectivity index (χ4n) is 1.71. The molecule has 0 aliphatic heterocycles. The monoisotopic (exact) mass is 261 g/mol. The molecule has 0 spiro atoms. The Labute approximate surface area is 108 Å². The van der Waals surface area contributed by atoms with Crippen LogP contribution in [0, 0.1) is 17.0 Å². The summed E-state index contributed by atoms with van der Waals surface area (Å²) >= 11 is 0. The summed E-state index contributed by atoms with van der Waals surface area (Å²) in [5.74, 6) is 0.328. The van der Waals surface area contributed by atoms with E-state index in [2.05, 4.69) is 15.0 Å². The number of nitrogens with two attached hydrogens (primary N) is 1. The lowest BCUT2D eigenvalue weighted by atomic mass is 10.2. The summed E-state index contributed by atoms with van der Waals surface area (Å²) in [5, 5.41) is 11.1. The number of hydrogen-bond donors (Lipinski definition) is 1. The molecule has 98 valence electrons. The summed E-state index contributed by atoms with van der Waals surface area (Å²) < 4.78 is 5.13. The van der Waals surface area contributed by atoms with Crippen LogP contribution in [-0.2, 0) is 0 Å². The maximum atomic E-state index is 11.1. The molecule has 0 aromatic carbocycles. The Balaban J connectivity index is 2.77. The van der Waals surface area contributed by atoms with E-state index < -0.39 is 4.92 Å². The van der Waals surface area contributed by atoms with Crippen LogP contribution in [0.1, 0.15) is 5.69 Å². The van der Waals surface area contributed by atoms with Gasteiger partial charge in [-0.1, -0.05) is 0 Å². The van der Waals surface area contributed by atoms with E-state index in [1.54, 1.807) is 12.1 Å². The molecule has 0 saturated heterocycles. The number of anilines is 1. The fraction of sp³-hybridized carbons (Fsp3) is 0.182. The SMILES string of the molecule is COc1cccnc1-c1nc(N)nc(C)c1[N+](=O)[O-]. The lowest BCUT2D eigenvalue weighted by molar-refractivity contribution is -0.385. The van der Waals surface area contributed by atoms with Gasteiger partial charge in [0.25, 0.3) is 0 Å². The van der Waals surface area contributed by atoms with E-state index in [4.69, 9.17) is 10.5 Å². The Kier molecular flexibility index (Phi) is 3.23. The number of aromatic nitrogens is 3. The molecule has 2 N–H and O–H groups in total. The van der Waals surface area contributed by atoms with Crippen molar-refractivity contribution in [3.05, 3.63) is 34.1 Å². The Morgan fingerprint density at radius 3 is 2.74 bits per heavy atom. The number of rotatable bonds is 3.